The molecule has 0 atom stereocenters. The number of hydrogen-bond acceptors (Lipinski definition) is 3. The normalized spacial score (nSPS) is 11.7. The molecule has 4 N–H and O–H groups in total. The zero-order chi connectivity index (χ0) is 17.7. The van der Waals surface area contributed by atoms with E-state index in [1.54, 1.807) is 30.5 Å². The molecule has 0 aliphatic rings. The molecule has 0 radical (unpaired) electrons. The molecule has 3 heterocycles. The van der Waals surface area contributed by atoms with Crippen molar-refractivity contribution in [3.63, 3.8) is 0 Å². The molecule has 26 heavy (non-hydrogen) atoms. The van der Waals surface area contributed by atoms with Crippen LogP contribution in [-0.4, -0.2) is 20.2 Å². The van der Waals surface area contributed by atoms with E-state index in [-0.39, 0.29) is 17.4 Å². The number of hydrogen-bond donors (Lipinski definition) is 4. The fourth-order valence-electron chi connectivity index (χ4n) is 3.67. The zero-order valence-electron chi connectivity index (χ0n) is 13.7. The summed E-state index contributed by atoms with van der Waals surface area (Å²) < 4.78 is 5.75. The van der Waals surface area contributed by atoms with Gasteiger partial charge in [0.25, 0.3) is 0 Å². The lowest BCUT2D eigenvalue weighted by Gasteiger charge is -2.14. The summed E-state index contributed by atoms with van der Waals surface area (Å²) in [5.41, 5.74) is 3.87. The summed E-state index contributed by atoms with van der Waals surface area (Å²) in [7, 11) is 0. The maximum atomic E-state index is 9.95. The van der Waals surface area contributed by atoms with Crippen molar-refractivity contribution in [1.29, 1.82) is 0 Å². The molecule has 2 aromatic carbocycles. The molecule has 5 nitrogen and oxygen atoms in total. The van der Waals surface area contributed by atoms with Gasteiger partial charge < -0.3 is 24.6 Å². The van der Waals surface area contributed by atoms with Gasteiger partial charge >= 0.3 is 0 Å². The highest BCUT2D eigenvalue weighted by Gasteiger charge is 2.25. The number of aromatic hydroxyl groups is 2. The molecule has 0 aliphatic heterocycles. The van der Waals surface area contributed by atoms with E-state index in [1.165, 1.54) is 0 Å². The van der Waals surface area contributed by atoms with Gasteiger partial charge in [0.2, 0.25) is 0 Å². The first-order chi connectivity index (χ1) is 12.7. The summed E-state index contributed by atoms with van der Waals surface area (Å²) in [5.74, 6) is 1.04. The van der Waals surface area contributed by atoms with Crippen molar-refractivity contribution in [1.82, 2.24) is 9.97 Å². The maximum Gasteiger partial charge on any atom is 0.116 e. The molecule has 0 amide bonds. The van der Waals surface area contributed by atoms with Crippen LogP contribution in [0.4, 0.5) is 0 Å². The second kappa shape index (κ2) is 5.46. The van der Waals surface area contributed by atoms with Crippen molar-refractivity contribution in [3.8, 4) is 11.5 Å². The van der Waals surface area contributed by atoms with E-state index in [1.807, 2.05) is 36.7 Å². The summed E-state index contributed by atoms with van der Waals surface area (Å²) >= 11 is 0. The number of aromatic amines is 2. The molecule has 0 saturated carbocycles. The highest BCUT2D eigenvalue weighted by Crippen LogP contribution is 2.40. The van der Waals surface area contributed by atoms with Crippen LogP contribution in [0.5, 0.6) is 11.5 Å². The molecule has 5 rings (SSSR count). The molecular weight excluding hydrogens is 328 g/mol. The predicted molar refractivity (Wildman–Crippen MR) is 99.6 cm³/mol. The van der Waals surface area contributed by atoms with Crippen LogP contribution in [0.15, 0.2) is 71.6 Å². The Labute approximate surface area is 148 Å². The van der Waals surface area contributed by atoms with E-state index in [4.69, 9.17) is 4.42 Å². The first-order valence-electron chi connectivity index (χ1n) is 8.34. The second-order valence-corrected chi connectivity index (χ2v) is 6.40. The Morgan fingerprint density at radius 3 is 1.85 bits per heavy atom. The second-order valence-electron chi connectivity index (χ2n) is 6.40. The first-order valence-corrected chi connectivity index (χ1v) is 8.34. The van der Waals surface area contributed by atoms with E-state index >= 15 is 0 Å². The Hall–Kier alpha value is -3.60. The Balaban J connectivity index is 1.81. The average molecular weight is 344 g/mol. The van der Waals surface area contributed by atoms with Gasteiger partial charge in [-0.3, -0.25) is 0 Å². The molecule has 0 spiro atoms. The summed E-state index contributed by atoms with van der Waals surface area (Å²) in [6.45, 7) is 0. The van der Waals surface area contributed by atoms with Crippen molar-refractivity contribution < 1.29 is 14.6 Å². The molecule has 0 saturated heterocycles. The Kier molecular flexibility index (Phi) is 3.09. The summed E-state index contributed by atoms with van der Waals surface area (Å²) in [6.07, 6.45) is 5.54. The smallest absolute Gasteiger partial charge is 0.116 e. The molecule has 0 aliphatic carbocycles. The van der Waals surface area contributed by atoms with Gasteiger partial charge in [0.15, 0.2) is 0 Å². The van der Waals surface area contributed by atoms with E-state index in [0.717, 1.165) is 38.7 Å². The van der Waals surface area contributed by atoms with Crippen molar-refractivity contribution in [3.05, 3.63) is 84.1 Å². The number of H-pyrrole nitrogens is 2. The van der Waals surface area contributed by atoms with Crippen LogP contribution in [0.3, 0.4) is 0 Å². The number of fused-ring (bicyclic) bond motifs is 2. The van der Waals surface area contributed by atoms with Gasteiger partial charge in [0.05, 0.1) is 12.2 Å². The fraction of sp³-hybridized carbons (Fsp3) is 0.0476. The van der Waals surface area contributed by atoms with Gasteiger partial charge in [-0.2, -0.15) is 0 Å². The van der Waals surface area contributed by atoms with Crippen molar-refractivity contribution in [2.24, 2.45) is 0 Å². The topological polar surface area (TPSA) is 85.2 Å². The van der Waals surface area contributed by atoms with Crippen LogP contribution in [0, 0.1) is 0 Å². The third-order valence-electron chi connectivity index (χ3n) is 4.84. The number of phenolic OH excluding ortho intramolecular Hbond substituents is 2. The monoisotopic (exact) mass is 344 g/mol. The SMILES string of the molecule is Oc1ccc2[nH]cc(C(c3ccco3)c3c[nH]c4ccc(O)cc34)c2c1. The van der Waals surface area contributed by atoms with Crippen LogP contribution in [0.25, 0.3) is 21.8 Å². The van der Waals surface area contributed by atoms with Crippen LogP contribution in [0.1, 0.15) is 22.8 Å². The lowest BCUT2D eigenvalue weighted by Crippen LogP contribution is -2.01. The number of furan rings is 1. The molecule has 0 fully saturated rings. The molecule has 0 unspecified atom stereocenters. The molecule has 0 bridgehead atoms. The number of nitrogens with one attached hydrogen (secondary N) is 2. The predicted octanol–water partition coefficient (Wildman–Crippen LogP) is 4.83. The van der Waals surface area contributed by atoms with Crippen molar-refractivity contribution in [2.45, 2.75) is 5.92 Å². The van der Waals surface area contributed by atoms with Crippen molar-refractivity contribution >= 4 is 21.8 Å². The summed E-state index contributed by atoms with van der Waals surface area (Å²) in [4.78, 5) is 6.53. The number of aromatic nitrogens is 2. The minimum atomic E-state index is -0.184. The summed E-state index contributed by atoms with van der Waals surface area (Å²) in [5, 5.41) is 21.8. The number of phenols is 2. The van der Waals surface area contributed by atoms with Gasteiger partial charge in [-0.25, -0.2) is 0 Å². The first kappa shape index (κ1) is 14.7. The van der Waals surface area contributed by atoms with Crippen molar-refractivity contribution in [2.75, 3.05) is 0 Å². The highest BCUT2D eigenvalue weighted by molar-refractivity contribution is 5.90. The largest absolute Gasteiger partial charge is 0.508 e. The minimum Gasteiger partial charge on any atom is -0.508 e. The minimum absolute atomic E-state index is 0.184. The molecule has 5 heteroatoms. The van der Waals surface area contributed by atoms with Gasteiger partial charge in [-0.05, 0) is 59.7 Å². The number of benzene rings is 2. The Morgan fingerprint density at radius 1 is 0.769 bits per heavy atom. The van der Waals surface area contributed by atoms with Crippen LogP contribution >= 0.6 is 0 Å². The molecule has 5 aromatic rings. The van der Waals surface area contributed by atoms with E-state index in [2.05, 4.69) is 9.97 Å². The van der Waals surface area contributed by atoms with Crippen LogP contribution < -0.4 is 0 Å². The van der Waals surface area contributed by atoms with E-state index in [0.29, 0.717) is 0 Å². The zero-order valence-corrected chi connectivity index (χ0v) is 13.7. The Bertz CT molecular complexity index is 1140. The standard InChI is InChI=1S/C21H16N2O3/c24-12-3-5-18-14(8-12)16(10-22-18)21(20-2-1-7-26-20)17-11-23-19-6-4-13(25)9-15(17)19/h1-11,21-25H. The number of rotatable bonds is 3. The van der Waals surface area contributed by atoms with E-state index in [9.17, 15) is 10.2 Å². The lowest BCUT2D eigenvalue weighted by atomic mass is 9.88. The lowest BCUT2D eigenvalue weighted by molar-refractivity contribution is 0.475. The van der Waals surface area contributed by atoms with Gasteiger partial charge in [0.1, 0.15) is 17.3 Å². The van der Waals surface area contributed by atoms with Crippen LogP contribution in [0.2, 0.25) is 0 Å². The fourth-order valence-corrected chi connectivity index (χ4v) is 3.67. The third kappa shape index (κ3) is 2.18. The van der Waals surface area contributed by atoms with Gasteiger partial charge in [0, 0.05) is 34.2 Å². The third-order valence-corrected chi connectivity index (χ3v) is 4.84. The van der Waals surface area contributed by atoms with Gasteiger partial charge in [-0.1, -0.05) is 0 Å². The van der Waals surface area contributed by atoms with Gasteiger partial charge in [-0.15, -0.1) is 0 Å². The maximum absolute atomic E-state index is 9.95. The Morgan fingerprint density at radius 2 is 1.35 bits per heavy atom. The molecule has 128 valence electrons. The quantitative estimate of drug-likeness (QED) is 0.378. The van der Waals surface area contributed by atoms with Crippen LogP contribution in [-0.2, 0) is 0 Å². The average Bonchev–Trinajstić information content (AvgIpc) is 3.37. The molecule has 3 aromatic heterocycles. The molecular formula is C21H16N2O3. The summed E-state index contributed by atoms with van der Waals surface area (Å²) in [6, 6.07) is 14.3. The highest BCUT2D eigenvalue weighted by atomic mass is 16.3. The van der Waals surface area contributed by atoms with E-state index < -0.39 is 0 Å².